The Morgan fingerprint density at radius 3 is 1.89 bits per heavy atom. The molecule has 0 spiro atoms. The van der Waals surface area contributed by atoms with Gasteiger partial charge in [0.25, 0.3) is 0 Å². The van der Waals surface area contributed by atoms with Gasteiger partial charge in [0.15, 0.2) is 0 Å². The standard InChI is InChI=1S/C3H8N2O3S/c1-5(2)3(4)9(6,7)8/h4H,1-2H3,(H,6,7,8)/p+1. The van der Waals surface area contributed by atoms with Crippen molar-refractivity contribution in [1.29, 1.82) is 0 Å². The molecule has 0 unspecified atom stereocenters. The van der Waals surface area contributed by atoms with Gasteiger partial charge in [-0.15, -0.1) is 0 Å². The molecule has 6 heteroatoms. The monoisotopic (exact) mass is 153 g/mol. The van der Waals surface area contributed by atoms with Crippen LogP contribution in [0.4, 0.5) is 0 Å². The summed E-state index contributed by atoms with van der Waals surface area (Å²) in [6.45, 7) is 0. The number of hydrogen-bond donors (Lipinski definition) is 2. The van der Waals surface area contributed by atoms with E-state index in [9.17, 15) is 8.42 Å². The van der Waals surface area contributed by atoms with E-state index in [1.165, 1.54) is 14.1 Å². The van der Waals surface area contributed by atoms with Gasteiger partial charge in [-0.25, -0.2) is 0 Å². The van der Waals surface area contributed by atoms with E-state index in [0.29, 0.717) is 0 Å². The van der Waals surface area contributed by atoms with Crippen LogP contribution >= 0.6 is 0 Å². The lowest BCUT2D eigenvalue weighted by Crippen LogP contribution is -2.31. The lowest BCUT2D eigenvalue weighted by atomic mass is 11.1. The molecule has 0 heterocycles. The summed E-state index contributed by atoms with van der Waals surface area (Å²) in [5.41, 5.74) is 4.90. The van der Waals surface area contributed by atoms with E-state index in [2.05, 4.69) is 0 Å². The molecule has 0 fully saturated rings. The summed E-state index contributed by atoms with van der Waals surface area (Å²) in [7, 11) is -1.34. The van der Waals surface area contributed by atoms with Gasteiger partial charge < -0.3 is 0 Å². The first-order valence-corrected chi connectivity index (χ1v) is 3.57. The maximum Gasteiger partial charge on any atom is 0.388 e. The number of amidine groups is 1. The summed E-state index contributed by atoms with van der Waals surface area (Å²) in [5, 5.41) is -0.553. The summed E-state index contributed by atoms with van der Waals surface area (Å²) in [6, 6.07) is 0. The zero-order valence-electron chi connectivity index (χ0n) is 5.20. The van der Waals surface area contributed by atoms with Gasteiger partial charge >= 0.3 is 15.3 Å². The molecule has 0 bridgehead atoms. The van der Waals surface area contributed by atoms with E-state index in [1.54, 1.807) is 0 Å². The van der Waals surface area contributed by atoms with Gasteiger partial charge in [0.2, 0.25) is 0 Å². The van der Waals surface area contributed by atoms with Crippen molar-refractivity contribution in [3.63, 3.8) is 0 Å². The molecule has 0 amide bonds. The number of nitrogens with two attached hydrogens (primary N) is 1. The SMILES string of the molecule is C[N+](C)=C(N)S(=O)(=O)O. The predicted molar refractivity (Wildman–Crippen MR) is 32.9 cm³/mol. The minimum absolute atomic E-state index is 0.553. The Hall–Kier alpha value is -0.620. The lowest BCUT2D eigenvalue weighted by molar-refractivity contribution is -0.462. The number of rotatable bonds is 0. The summed E-state index contributed by atoms with van der Waals surface area (Å²) in [5.74, 6) is 0. The summed E-state index contributed by atoms with van der Waals surface area (Å²) < 4.78 is 29.6. The van der Waals surface area contributed by atoms with E-state index in [0.717, 1.165) is 4.58 Å². The topological polar surface area (TPSA) is 83.4 Å². The van der Waals surface area contributed by atoms with Crippen LogP contribution in [0, 0.1) is 0 Å². The van der Waals surface area contributed by atoms with Crippen LogP contribution in [-0.2, 0) is 10.1 Å². The fourth-order valence-corrected chi connectivity index (χ4v) is 0.692. The zero-order chi connectivity index (χ0) is 7.65. The highest BCUT2D eigenvalue weighted by molar-refractivity contribution is 8.01. The molecule has 3 N–H and O–H groups in total. The third-order valence-corrected chi connectivity index (χ3v) is 1.60. The lowest BCUT2D eigenvalue weighted by Gasteiger charge is -1.91. The molecular formula is C3H9N2O3S+. The maximum atomic E-state index is 10.1. The van der Waals surface area contributed by atoms with Crippen molar-refractivity contribution in [2.24, 2.45) is 5.73 Å². The van der Waals surface area contributed by atoms with Gasteiger partial charge in [-0.1, -0.05) is 0 Å². The highest BCUT2D eigenvalue weighted by Gasteiger charge is 2.17. The second-order valence-corrected chi connectivity index (χ2v) is 3.08. The Kier molecular flexibility index (Phi) is 2.16. The van der Waals surface area contributed by atoms with E-state index in [1.807, 2.05) is 0 Å². The van der Waals surface area contributed by atoms with Gasteiger partial charge in [-0.3, -0.25) is 14.9 Å². The van der Waals surface area contributed by atoms with Crippen molar-refractivity contribution in [2.45, 2.75) is 0 Å². The largest absolute Gasteiger partial charge is 0.388 e. The van der Waals surface area contributed by atoms with Crippen LogP contribution < -0.4 is 5.73 Å². The van der Waals surface area contributed by atoms with Crippen LogP contribution in [0.5, 0.6) is 0 Å². The quantitative estimate of drug-likeness (QED) is 0.191. The van der Waals surface area contributed by atoms with Gasteiger partial charge in [0, 0.05) is 0 Å². The van der Waals surface area contributed by atoms with Crippen molar-refractivity contribution in [3.05, 3.63) is 0 Å². The summed E-state index contributed by atoms with van der Waals surface area (Å²) in [6.07, 6.45) is 0. The smallest absolute Gasteiger partial charge is 0.276 e. The van der Waals surface area contributed by atoms with Crippen molar-refractivity contribution in [2.75, 3.05) is 14.1 Å². The van der Waals surface area contributed by atoms with Gasteiger partial charge in [-0.2, -0.15) is 8.42 Å². The van der Waals surface area contributed by atoms with Crippen LogP contribution in [-0.4, -0.2) is 36.8 Å². The highest BCUT2D eigenvalue weighted by atomic mass is 32.2. The molecule has 0 aliphatic rings. The molecule has 0 aromatic rings. The van der Waals surface area contributed by atoms with Crippen molar-refractivity contribution < 1.29 is 17.5 Å². The van der Waals surface area contributed by atoms with E-state index < -0.39 is 15.3 Å². The zero-order valence-corrected chi connectivity index (χ0v) is 6.01. The second kappa shape index (κ2) is 2.32. The van der Waals surface area contributed by atoms with Crippen LogP contribution in [0.3, 0.4) is 0 Å². The molecule has 0 atom stereocenters. The Balaban J connectivity index is 4.86. The van der Waals surface area contributed by atoms with Crippen LogP contribution in [0.1, 0.15) is 0 Å². The molecular weight excluding hydrogens is 144 g/mol. The molecule has 0 radical (unpaired) electrons. The first kappa shape index (κ1) is 8.38. The molecule has 0 aromatic heterocycles. The molecule has 5 nitrogen and oxygen atoms in total. The number of hydrogen-bond acceptors (Lipinski definition) is 2. The number of nitrogens with zero attached hydrogens (tertiary/aromatic N) is 1. The van der Waals surface area contributed by atoms with Gasteiger partial charge in [-0.05, 0) is 0 Å². The minimum atomic E-state index is -4.18. The third kappa shape index (κ3) is 2.43. The van der Waals surface area contributed by atoms with E-state index >= 15 is 0 Å². The molecule has 0 saturated heterocycles. The molecule has 0 aliphatic carbocycles. The molecule has 0 aliphatic heterocycles. The van der Waals surface area contributed by atoms with Crippen LogP contribution in [0.15, 0.2) is 0 Å². The third-order valence-electron chi connectivity index (χ3n) is 0.705. The Morgan fingerprint density at radius 1 is 1.56 bits per heavy atom. The Labute approximate surface area is 53.5 Å². The normalized spacial score (nSPS) is 11.0. The Morgan fingerprint density at radius 2 is 1.89 bits per heavy atom. The molecule has 54 valence electrons. The second-order valence-electron chi connectivity index (χ2n) is 1.71. The Bertz CT molecular complexity index is 223. The first-order valence-electron chi connectivity index (χ1n) is 2.13. The van der Waals surface area contributed by atoms with Crippen LogP contribution in [0.25, 0.3) is 0 Å². The van der Waals surface area contributed by atoms with E-state index in [4.69, 9.17) is 10.3 Å². The van der Waals surface area contributed by atoms with Gasteiger partial charge in [0.1, 0.15) is 0 Å². The van der Waals surface area contributed by atoms with Crippen LogP contribution in [0.2, 0.25) is 0 Å². The fraction of sp³-hybridized carbons (Fsp3) is 0.667. The summed E-state index contributed by atoms with van der Waals surface area (Å²) >= 11 is 0. The minimum Gasteiger partial charge on any atom is -0.276 e. The van der Waals surface area contributed by atoms with Gasteiger partial charge in [0.05, 0.1) is 14.1 Å². The van der Waals surface area contributed by atoms with Crippen molar-refractivity contribution in [1.82, 2.24) is 0 Å². The van der Waals surface area contributed by atoms with Crippen molar-refractivity contribution >= 4 is 15.3 Å². The average Bonchev–Trinajstić information content (AvgIpc) is 1.62. The molecule has 9 heavy (non-hydrogen) atoms. The maximum absolute atomic E-state index is 10.1. The predicted octanol–water partition coefficient (Wildman–Crippen LogP) is -1.54. The van der Waals surface area contributed by atoms with Crippen molar-refractivity contribution in [3.8, 4) is 0 Å². The summed E-state index contributed by atoms with van der Waals surface area (Å²) in [4.78, 5) is 0. The average molecular weight is 153 g/mol. The first-order chi connectivity index (χ1) is 3.85. The molecule has 0 aromatic carbocycles. The molecule has 0 saturated carbocycles. The molecule has 0 rings (SSSR count). The van der Waals surface area contributed by atoms with E-state index in [-0.39, 0.29) is 0 Å². The fourth-order valence-electron chi connectivity index (χ4n) is 0.231. The highest BCUT2D eigenvalue weighted by Crippen LogP contribution is 1.77.